The van der Waals surface area contributed by atoms with E-state index in [-0.39, 0.29) is 0 Å². The van der Waals surface area contributed by atoms with Gasteiger partial charge in [0.05, 0.1) is 22.1 Å². The molecule has 3 aromatic heterocycles. The van der Waals surface area contributed by atoms with E-state index in [2.05, 4.69) is 161 Å². The lowest BCUT2D eigenvalue weighted by Gasteiger charge is -2.16. The average Bonchev–Trinajstić information content (AvgIpc) is 3.74. The third-order valence-electron chi connectivity index (χ3n) is 9.78. The van der Waals surface area contributed by atoms with Gasteiger partial charge in [-0.05, 0) is 59.3 Å². The SMILES string of the molecule is C[SiH]1c2ccccc2-c2c(-n3c4ccccc4c4ccccc43)nc(-c3ccc(-n4c5ccccc5c5ccccc54)cc3)nc21. The van der Waals surface area contributed by atoms with Crippen LogP contribution in [0.3, 0.4) is 0 Å². The van der Waals surface area contributed by atoms with Crippen LogP contribution in [0, 0.1) is 0 Å². The van der Waals surface area contributed by atoms with E-state index in [1.807, 2.05) is 0 Å². The molecule has 0 fully saturated rings. The predicted octanol–water partition coefficient (Wildman–Crippen LogP) is 8.29. The number of benzene rings is 6. The van der Waals surface area contributed by atoms with Gasteiger partial charge >= 0.3 is 0 Å². The van der Waals surface area contributed by atoms with Crippen molar-refractivity contribution in [1.29, 1.82) is 0 Å². The molecule has 9 aromatic rings. The molecule has 1 aliphatic heterocycles. The maximum Gasteiger partial charge on any atom is 0.161 e. The number of hydrogen-bond donors (Lipinski definition) is 0. The average molecular weight is 605 g/mol. The zero-order valence-electron chi connectivity index (χ0n) is 25.2. The van der Waals surface area contributed by atoms with Crippen LogP contribution in [0.15, 0.2) is 146 Å². The Morgan fingerprint density at radius 2 is 0.957 bits per heavy atom. The fourth-order valence-corrected chi connectivity index (χ4v) is 10.1. The number of para-hydroxylation sites is 4. The molecule has 1 aliphatic rings. The lowest BCUT2D eigenvalue weighted by Crippen LogP contribution is -2.37. The van der Waals surface area contributed by atoms with E-state index >= 15 is 0 Å². The fraction of sp³-hybridized carbons (Fsp3) is 0.0244. The lowest BCUT2D eigenvalue weighted by molar-refractivity contribution is 1.06. The van der Waals surface area contributed by atoms with E-state index < -0.39 is 8.80 Å². The minimum Gasteiger partial charge on any atom is -0.309 e. The highest BCUT2D eigenvalue weighted by molar-refractivity contribution is 6.88. The van der Waals surface area contributed by atoms with Crippen LogP contribution in [0.4, 0.5) is 0 Å². The molecule has 0 amide bonds. The Bertz CT molecular complexity index is 2560. The first kappa shape index (κ1) is 25.5. The van der Waals surface area contributed by atoms with Gasteiger partial charge in [0.15, 0.2) is 5.82 Å². The van der Waals surface area contributed by atoms with Gasteiger partial charge in [0, 0.05) is 43.7 Å². The molecule has 5 heteroatoms. The fourth-order valence-electron chi connectivity index (χ4n) is 7.69. The molecule has 0 saturated carbocycles. The summed E-state index contributed by atoms with van der Waals surface area (Å²) in [5.74, 6) is 1.74. The second kappa shape index (κ2) is 9.61. The molecule has 1 atom stereocenters. The summed E-state index contributed by atoms with van der Waals surface area (Å²) in [6.07, 6.45) is 0. The normalized spacial score (nSPS) is 14.0. The van der Waals surface area contributed by atoms with Crippen molar-refractivity contribution in [1.82, 2.24) is 19.1 Å². The molecule has 46 heavy (non-hydrogen) atoms. The highest BCUT2D eigenvalue weighted by Gasteiger charge is 2.33. The summed E-state index contributed by atoms with van der Waals surface area (Å²) in [7, 11) is -1.53. The van der Waals surface area contributed by atoms with Crippen molar-refractivity contribution in [2.45, 2.75) is 6.55 Å². The Morgan fingerprint density at radius 1 is 0.478 bits per heavy atom. The summed E-state index contributed by atoms with van der Waals surface area (Å²) in [6, 6.07) is 52.3. The van der Waals surface area contributed by atoms with Crippen molar-refractivity contribution >= 4 is 62.9 Å². The predicted molar refractivity (Wildman–Crippen MR) is 194 cm³/mol. The molecule has 0 spiro atoms. The first-order chi connectivity index (χ1) is 22.8. The first-order valence-corrected chi connectivity index (χ1v) is 18.2. The molecule has 4 heterocycles. The number of nitrogens with zero attached hydrogens (tertiary/aromatic N) is 4. The Morgan fingerprint density at radius 3 is 1.52 bits per heavy atom. The van der Waals surface area contributed by atoms with Crippen LogP contribution in [-0.2, 0) is 0 Å². The zero-order valence-corrected chi connectivity index (χ0v) is 26.4. The summed E-state index contributed by atoms with van der Waals surface area (Å²) in [5.41, 5.74) is 9.35. The first-order valence-electron chi connectivity index (χ1n) is 15.8. The minimum absolute atomic E-state index is 0.775. The van der Waals surface area contributed by atoms with Gasteiger partial charge in [-0.1, -0.05) is 104 Å². The second-order valence-electron chi connectivity index (χ2n) is 12.2. The maximum atomic E-state index is 5.45. The van der Waals surface area contributed by atoms with Gasteiger partial charge in [-0.3, -0.25) is 4.57 Å². The second-order valence-corrected chi connectivity index (χ2v) is 14.8. The topological polar surface area (TPSA) is 35.6 Å². The smallest absolute Gasteiger partial charge is 0.161 e. The Labute approximate surface area is 267 Å². The van der Waals surface area contributed by atoms with E-state index in [0.717, 1.165) is 33.9 Å². The molecule has 0 bridgehead atoms. The maximum absolute atomic E-state index is 5.45. The third-order valence-corrected chi connectivity index (χ3v) is 12.5. The van der Waals surface area contributed by atoms with E-state index in [1.165, 1.54) is 54.2 Å². The van der Waals surface area contributed by atoms with Gasteiger partial charge in [0.25, 0.3) is 0 Å². The molecule has 4 nitrogen and oxygen atoms in total. The molecule has 0 saturated heterocycles. The number of hydrogen-bond acceptors (Lipinski definition) is 2. The highest BCUT2D eigenvalue weighted by atomic mass is 28.3. The Kier molecular flexibility index (Phi) is 5.33. The molecular weight excluding hydrogens is 577 g/mol. The van der Waals surface area contributed by atoms with Crippen molar-refractivity contribution < 1.29 is 0 Å². The van der Waals surface area contributed by atoms with Crippen LogP contribution in [-0.4, -0.2) is 27.9 Å². The van der Waals surface area contributed by atoms with Crippen LogP contribution in [0.2, 0.25) is 6.55 Å². The molecule has 0 N–H and O–H groups in total. The third kappa shape index (κ3) is 3.49. The summed E-state index contributed by atoms with van der Waals surface area (Å²) in [6.45, 7) is 2.41. The standard InChI is InChI=1S/C41H28N4Si/c1-46-37-21-11-6-16-32(37)38-40(45-35-19-9-4-14-30(35)31-15-5-10-20-36(31)45)42-39(43-41(38)46)26-22-24-27(25-23-26)44-33-17-7-2-12-28(33)29-13-3-8-18-34(29)44/h2-25,46H,1H3. The Hall–Kier alpha value is -5.78. The van der Waals surface area contributed by atoms with Gasteiger partial charge in [0.2, 0.25) is 0 Å². The largest absolute Gasteiger partial charge is 0.309 e. The van der Waals surface area contributed by atoms with Gasteiger partial charge in [-0.25, -0.2) is 9.97 Å². The lowest BCUT2D eigenvalue weighted by atomic mass is 10.1. The van der Waals surface area contributed by atoms with E-state index in [0.29, 0.717) is 0 Å². The molecule has 216 valence electrons. The van der Waals surface area contributed by atoms with E-state index in [1.54, 1.807) is 0 Å². The van der Waals surface area contributed by atoms with Crippen LogP contribution >= 0.6 is 0 Å². The summed E-state index contributed by atoms with van der Waals surface area (Å²) in [5, 5.41) is 7.65. The molecule has 6 aromatic carbocycles. The number of fused-ring (bicyclic) bond motifs is 9. The van der Waals surface area contributed by atoms with Crippen molar-refractivity contribution in [3.63, 3.8) is 0 Å². The van der Waals surface area contributed by atoms with Gasteiger partial charge in [-0.15, -0.1) is 0 Å². The molecular formula is C41H28N4Si. The minimum atomic E-state index is -1.53. The van der Waals surface area contributed by atoms with E-state index in [9.17, 15) is 0 Å². The number of aromatic nitrogens is 4. The van der Waals surface area contributed by atoms with Gasteiger partial charge in [0.1, 0.15) is 14.6 Å². The van der Waals surface area contributed by atoms with Crippen LogP contribution in [0.1, 0.15) is 0 Å². The van der Waals surface area contributed by atoms with Crippen molar-refractivity contribution in [2.24, 2.45) is 0 Å². The monoisotopic (exact) mass is 604 g/mol. The summed E-state index contributed by atoms with van der Waals surface area (Å²) < 4.78 is 4.72. The molecule has 10 rings (SSSR count). The zero-order chi connectivity index (χ0) is 30.4. The van der Waals surface area contributed by atoms with Crippen molar-refractivity contribution in [3.05, 3.63) is 146 Å². The summed E-state index contributed by atoms with van der Waals surface area (Å²) in [4.78, 5) is 10.8. The van der Waals surface area contributed by atoms with Crippen molar-refractivity contribution in [2.75, 3.05) is 0 Å². The van der Waals surface area contributed by atoms with Crippen molar-refractivity contribution in [3.8, 4) is 34.0 Å². The van der Waals surface area contributed by atoms with Gasteiger partial charge < -0.3 is 4.57 Å². The van der Waals surface area contributed by atoms with Crippen LogP contribution in [0.5, 0.6) is 0 Å². The highest BCUT2D eigenvalue weighted by Crippen LogP contribution is 2.37. The van der Waals surface area contributed by atoms with E-state index in [4.69, 9.17) is 9.97 Å². The van der Waals surface area contributed by atoms with Crippen LogP contribution < -0.4 is 10.5 Å². The van der Waals surface area contributed by atoms with Crippen LogP contribution in [0.25, 0.3) is 77.6 Å². The molecule has 0 radical (unpaired) electrons. The summed E-state index contributed by atoms with van der Waals surface area (Å²) >= 11 is 0. The molecule has 0 aliphatic carbocycles. The Balaban J connectivity index is 1.21. The molecule has 1 unspecified atom stereocenters. The van der Waals surface area contributed by atoms with Gasteiger partial charge in [-0.2, -0.15) is 0 Å². The quantitative estimate of drug-likeness (QED) is 0.190. The number of rotatable bonds is 3.